The number of carbonyl (C=O) groups is 2. The van der Waals surface area contributed by atoms with E-state index in [0.717, 1.165) is 64.2 Å². The molecule has 0 aromatic carbocycles. The van der Waals surface area contributed by atoms with Gasteiger partial charge in [-0.1, -0.05) is 67.2 Å². The van der Waals surface area contributed by atoms with Crippen molar-refractivity contribution in [3.8, 4) is 0 Å². The summed E-state index contributed by atoms with van der Waals surface area (Å²) >= 11 is 0. The molecule has 2 unspecified atom stereocenters. The second-order valence-corrected chi connectivity index (χ2v) is 7.39. The van der Waals surface area contributed by atoms with Gasteiger partial charge in [-0.05, 0) is 50.4 Å². The number of hydrogen-bond donors (Lipinski definition) is 0. The lowest BCUT2D eigenvalue weighted by Gasteiger charge is -2.21. The second kappa shape index (κ2) is 15.0. The fourth-order valence-electron chi connectivity index (χ4n) is 3.33. The van der Waals surface area contributed by atoms with E-state index in [9.17, 15) is 9.59 Å². The molecule has 0 N–H and O–H groups in total. The van der Waals surface area contributed by atoms with E-state index < -0.39 is 11.9 Å². The Bertz CT molecular complexity index is 336. The van der Waals surface area contributed by atoms with Crippen molar-refractivity contribution in [3.63, 3.8) is 0 Å². The summed E-state index contributed by atoms with van der Waals surface area (Å²) in [6, 6.07) is 0. The molecule has 0 aromatic rings. The van der Waals surface area contributed by atoms with Crippen molar-refractivity contribution in [1.82, 2.24) is 0 Å². The molecular weight excluding hydrogens is 328 g/mol. The Kier molecular flexibility index (Phi) is 14.4. The molecule has 0 bridgehead atoms. The molecule has 0 aliphatic carbocycles. The van der Waals surface area contributed by atoms with Crippen LogP contribution >= 0.6 is 0 Å². The lowest BCUT2D eigenvalue weighted by molar-refractivity contribution is -0.174. The minimum Gasteiger partial charge on any atom is -0.454 e. The fraction of sp³-hybridized carbons (Fsp3) is 0.909. The van der Waals surface area contributed by atoms with E-state index in [1.54, 1.807) is 0 Å². The summed E-state index contributed by atoms with van der Waals surface area (Å²) in [6.45, 7) is 12.7. The largest absolute Gasteiger partial charge is 0.454 e. The van der Waals surface area contributed by atoms with Crippen LogP contribution in [0.2, 0.25) is 0 Å². The number of rotatable bonds is 14. The standard InChI is InChI=1S/C22H42O4/c1-7-17(8-2)13-15-19(11-5)25-21(23)22(24)26-20(12-6)16-14-18(9-3)10-4/h17-20H,7-16H2,1-6H3. The third kappa shape index (κ3) is 10.2. The lowest BCUT2D eigenvalue weighted by atomic mass is 9.95. The molecule has 4 nitrogen and oxygen atoms in total. The van der Waals surface area contributed by atoms with Gasteiger partial charge in [-0.3, -0.25) is 0 Å². The van der Waals surface area contributed by atoms with E-state index in [2.05, 4.69) is 27.7 Å². The molecule has 0 spiro atoms. The molecule has 2 atom stereocenters. The highest BCUT2D eigenvalue weighted by atomic mass is 16.6. The molecule has 0 fully saturated rings. The zero-order valence-corrected chi connectivity index (χ0v) is 18.0. The van der Waals surface area contributed by atoms with Gasteiger partial charge in [0.25, 0.3) is 0 Å². The summed E-state index contributed by atoms with van der Waals surface area (Å²) < 4.78 is 10.8. The molecule has 0 amide bonds. The van der Waals surface area contributed by atoms with Crippen molar-refractivity contribution in [2.24, 2.45) is 11.8 Å². The van der Waals surface area contributed by atoms with E-state index >= 15 is 0 Å². The number of esters is 2. The van der Waals surface area contributed by atoms with E-state index in [-0.39, 0.29) is 12.2 Å². The number of ether oxygens (including phenoxy) is 2. The molecule has 0 radical (unpaired) electrons. The highest BCUT2D eigenvalue weighted by Gasteiger charge is 2.25. The van der Waals surface area contributed by atoms with Crippen LogP contribution in [0.4, 0.5) is 0 Å². The molecule has 0 heterocycles. The Balaban J connectivity index is 4.41. The Hall–Kier alpha value is -1.06. The minimum absolute atomic E-state index is 0.194. The van der Waals surface area contributed by atoms with Crippen LogP contribution in [0.3, 0.4) is 0 Å². The average molecular weight is 371 g/mol. The van der Waals surface area contributed by atoms with Gasteiger partial charge in [-0.2, -0.15) is 0 Å². The van der Waals surface area contributed by atoms with Gasteiger partial charge in [0.1, 0.15) is 12.2 Å². The Morgan fingerprint density at radius 1 is 0.538 bits per heavy atom. The molecule has 26 heavy (non-hydrogen) atoms. The van der Waals surface area contributed by atoms with E-state index in [1.165, 1.54) is 0 Å². The first kappa shape index (κ1) is 24.9. The van der Waals surface area contributed by atoms with Crippen molar-refractivity contribution in [3.05, 3.63) is 0 Å². The van der Waals surface area contributed by atoms with E-state index in [1.807, 2.05) is 13.8 Å². The predicted octanol–water partition coefficient (Wildman–Crippen LogP) is 6.06. The fourth-order valence-corrected chi connectivity index (χ4v) is 3.33. The quantitative estimate of drug-likeness (QED) is 0.275. The first-order chi connectivity index (χ1) is 12.4. The van der Waals surface area contributed by atoms with Crippen LogP contribution in [-0.4, -0.2) is 24.1 Å². The lowest BCUT2D eigenvalue weighted by Crippen LogP contribution is -2.29. The number of carbonyl (C=O) groups excluding carboxylic acids is 2. The third-order valence-corrected chi connectivity index (χ3v) is 5.73. The highest BCUT2D eigenvalue weighted by Crippen LogP contribution is 2.20. The van der Waals surface area contributed by atoms with Gasteiger partial charge < -0.3 is 9.47 Å². The first-order valence-corrected chi connectivity index (χ1v) is 10.9. The van der Waals surface area contributed by atoms with Crippen LogP contribution in [0, 0.1) is 11.8 Å². The van der Waals surface area contributed by atoms with Gasteiger partial charge in [-0.15, -0.1) is 0 Å². The second-order valence-electron chi connectivity index (χ2n) is 7.39. The van der Waals surface area contributed by atoms with Crippen molar-refractivity contribution in [2.75, 3.05) is 0 Å². The topological polar surface area (TPSA) is 52.6 Å². The highest BCUT2D eigenvalue weighted by molar-refractivity contribution is 6.29. The van der Waals surface area contributed by atoms with Crippen LogP contribution < -0.4 is 0 Å². The zero-order valence-electron chi connectivity index (χ0n) is 18.0. The predicted molar refractivity (Wildman–Crippen MR) is 107 cm³/mol. The molecule has 0 aromatic heterocycles. The molecule has 0 rings (SSSR count). The van der Waals surface area contributed by atoms with Crippen LogP contribution in [0.15, 0.2) is 0 Å². The monoisotopic (exact) mass is 370 g/mol. The van der Waals surface area contributed by atoms with Gasteiger partial charge in [0.15, 0.2) is 0 Å². The maximum atomic E-state index is 12.1. The summed E-state index contributed by atoms with van der Waals surface area (Å²) in [5.41, 5.74) is 0. The zero-order chi connectivity index (χ0) is 19.9. The molecule has 0 saturated heterocycles. The number of hydrogen-bond acceptors (Lipinski definition) is 4. The maximum Gasteiger partial charge on any atom is 0.417 e. The van der Waals surface area contributed by atoms with Crippen LogP contribution in [0.25, 0.3) is 0 Å². The van der Waals surface area contributed by atoms with Crippen LogP contribution in [0.1, 0.15) is 106 Å². The van der Waals surface area contributed by atoms with Crippen molar-refractivity contribution in [2.45, 2.75) is 118 Å². The molecule has 0 saturated carbocycles. The van der Waals surface area contributed by atoms with Gasteiger partial charge >= 0.3 is 11.9 Å². The van der Waals surface area contributed by atoms with Crippen LogP contribution in [0.5, 0.6) is 0 Å². The van der Waals surface area contributed by atoms with Crippen LogP contribution in [-0.2, 0) is 19.1 Å². The Morgan fingerprint density at radius 2 is 0.846 bits per heavy atom. The van der Waals surface area contributed by atoms with Crippen molar-refractivity contribution in [1.29, 1.82) is 0 Å². The molecule has 0 aliphatic heterocycles. The van der Waals surface area contributed by atoms with Gasteiger partial charge in [0, 0.05) is 0 Å². The molecule has 4 heteroatoms. The maximum absolute atomic E-state index is 12.1. The minimum atomic E-state index is -0.831. The SMILES string of the molecule is CCC(CC)CCC(CC)OC(=O)C(=O)OC(CC)CCC(CC)CC. The van der Waals surface area contributed by atoms with Gasteiger partial charge in [0.2, 0.25) is 0 Å². The van der Waals surface area contributed by atoms with Crippen molar-refractivity contribution >= 4 is 11.9 Å². The summed E-state index contributed by atoms with van der Waals surface area (Å²) in [6.07, 6.45) is 9.30. The Labute approximate surface area is 161 Å². The summed E-state index contributed by atoms with van der Waals surface area (Å²) in [5, 5.41) is 0. The average Bonchev–Trinajstić information content (AvgIpc) is 2.66. The molecule has 0 aliphatic rings. The third-order valence-electron chi connectivity index (χ3n) is 5.73. The summed E-state index contributed by atoms with van der Waals surface area (Å²) in [7, 11) is 0. The smallest absolute Gasteiger partial charge is 0.417 e. The normalized spacial score (nSPS) is 13.7. The Morgan fingerprint density at radius 3 is 1.08 bits per heavy atom. The molecular formula is C22H42O4. The van der Waals surface area contributed by atoms with Crippen molar-refractivity contribution < 1.29 is 19.1 Å². The summed E-state index contributed by atoms with van der Waals surface area (Å²) in [4.78, 5) is 24.2. The molecule has 154 valence electrons. The van der Waals surface area contributed by atoms with Gasteiger partial charge in [-0.25, -0.2) is 9.59 Å². The van der Waals surface area contributed by atoms with Gasteiger partial charge in [0.05, 0.1) is 0 Å². The summed E-state index contributed by atoms with van der Waals surface area (Å²) in [5.74, 6) is -0.349. The van der Waals surface area contributed by atoms with E-state index in [4.69, 9.17) is 9.47 Å². The van der Waals surface area contributed by atoms with E-state index in [0.29, 0.717) is 11.8 Å². The first-order valence-electron chi connectivity index (χ1n) is 10.9.